The van der Waals surface area contributed by atoms with Gasteiger partial charge in [0.05, 0.1) is 12.2 Å². The molecule has 21 heavy (non-hydrogen) atoms. The highest BCUT2D eigenvalue weighted by molar-refractivity contribution is 5.07. The molecule has 0 aliphatic carbocycles. The number of piperidine rings is 1. The molecule has 2 aliphatic rings. The van der Waals surface area contributed by atoms with E-state index in [4.69, 9.17) is 9.47 Å². The molecule has 0 aromatic carbocycles. The van der Waals surface area contributed by atoms with E-state index in [9.17, 15) is 0 Å². The maximum absolute atomic E-state index is 6.17. The largest absolute Gasteiger partial charge is 0.377 e. The number of rotatable bonds is 5. The van der Waals surface area contributed by atoms with Crippen LogP contribution < -0.4 is 0 Å². The third-order valence-corrected chi connectivity index (χ3v) is 5.06. The van der Waals surface area contributed by atoms with Crippen molar-refractivity contribution in [3.63, 3.8) is 0 Å². The van der Waals surface area contributed by atoms with Gasteiger partial charge in [-0.1, -0.05) is 0 Å². The van der Waals surface area contributed by atoms with Crippen LogP contribution in [0.4, 0.5) is 0 Å². The summed E-state index contributed by atoms with van der Waals surface area (Å²) >= 11 is 0. The lowest BCUT2D eigenvalue weighted by molar-refractivity contribution is -0.0687. The summed E-state index contributed by atoms with van der Waals surface area (Å²) in [6, 6.07) is 4.02. The Morgan fingerprint density at radius 2 is 2.10 bits per heavy atom. The Balaban J connectivity index is 1.44. The van der Waals surface area contributed by atoms with Crippen molar-refractivity contribution in [2.24, 2.45) is 5.92 Å². The lowest BCUT2D eigenvalue weighted by Gasteiger charge is -2.41. The van der Waals surface area contributed by atoms with Crippen LogP contribution >= 0.6 is 0 Å². The van der Waals surface area contributed by atoms with Gasteiger partial charge in [-0.3, -0.25) is 4.98 Å². The second-order valence-corrected chi connectivity index (χ2v) is 6.40. The Labute approximate surface area is 127 Å². The molecule has 2 saturated heterocycles. The zero-order chi connectivity index (χ0) is 14.5. The Morgan fingerprint density at radius 3 is 2.86 bits per heavy atom. The van der Waals surface area contributed by atoms with Crippen molar-refractivity contribution < 1.29 is 9.47 Å². The van der Waals surface area contributed by atoms with E-state index in [1.54, 1.807) is 0 Å². The summed E-state index contributed by atoms with van der Waals surface area (Å²) in [7, 11) is 2.20. The number of nitrogens with zero attached hydrogens (tertiary/aromatic N) is 2. The van der Waals surface area contributed by atoms with Gasteiger partial charge in [-0.15, -0.1) is 0 Å². The maximum Gasteiger partial charge on any atom is 0.0736 e. The molecule has 116 valence electrons. The normalized spacial score (nSPS) is 25.5. The fourth-order valence-corrected chi connectivity index (χ4v) is 3.64. The third-order valence-electron chi connectivity index (χ3n) is 5.06. The van der Waals surface area contributed by atoms with Gasteiger partial charge in [0.2, 0.25) is 0 Å². The van der Waals surface area contributed by atoms with Crippen molar-refractivity contribution in [2.75, 3.05) is 33.4 Å². The minimum absolute atomic E-state index is 0.145. The lowest BCUT2D eigenvalue weighted by atomic mass is 9.78. The monoisotopic (exact) mass is 290 g/mol. The number of aromatic nitrogens is 1. The fraction of sp³-hybridized carbons (Fsp3) is 0.706. The van der Waals surface area contributed by atoms with Crippen LogP contribution in [0, 0.1) is 5.92 Å². The van der Waals surface area contributed by atoms with Gasteiger partial charge >= 0.3 is 0 Å². The molecule has 4 nitrogen and oxygen atoms in total. The smallest absolute Gasteiger partial charge is 0.0736 e. The molecule has 0 bridgehead atoms. The number of hydrogen-bond acceptors (Lipinski definition) is 4. The maximum atomic E-state index is 6.17. The summed E-state index contributed by atoms with van der Waals surface area (Å²) in [6.45, 7) is 4.77. The summed E-state index contributed by atoms with van der Waals surface area (Å²) in [6.07, 6.45) is 8.31. The minimum atomic E-state index is 0.145. The first kappa shape index (κ1) is 14.9. The summed E-state index contributed by atoms with van der Waals surface area (Å²) in [5, 5.41) is 0. The van der Waals surface area contributed by atoms with Crippen LogP contribution in [0.25, 0.3) is 0 Å². The highest BCUT2D eigenvalue weighted by Crippen LogP contribution is 2.42. The van der Waals surface area contributed by atoms with Gasteiger partial charge in [-0.25, -0.2) is 0 Å². The first-order valence-corrected chi connectivity index (χ1v) is 8.08. The minimum Gasteiger partial charge on any atom is -0.377 e. The zero-order valence-corrected chi connectivity index (χ0v) is 13.0. The molecule has 4 heteroatoms. The van der Waals surface area contributed by atoms with Gasteiger partial charge < -0.3 is 14.4 Å². The highest BCUT2D eigenvalue weighted by Gasteiger charge is 2.45. The van der Waals surface area contributed by atoms with Crippen LogP contribution in [0.1, 0.15) is 31.2 Å². The first-order valence-electron chi connectivity index (χ1n) is 8.08. The second kappa shape index (κ2) is 6.86. The van der Waals surface area contributed by atoms with Crippen LogP contribution in [0.3, 0.4) is 0 Å². The predicted octanol–water partition coefficient (Wildman–Crippen LogP) is 2.49. The van der Waals surface area contributed by atoms with Gasteiger partial charge in [-0.2, -0.15) is 0 Å². The van der Waals surface area contributed by atoms with E-state index in [1.807, 2.05) is 24.5 Å². The van der Waals surface area contributed by atoms with Crippen molar-refractivity contribution >= 4 is 0 Å². The second-order valence-electron chi connectivity index (χ2n) is 6.40. The molecule has 1 aromatic heterocycles. The zero-order valence-electron chi connectivity index (χ0n) is 13.0. The van der Waals surface area contributed by atoms with Crippen molar-refractivity contribution in [3.05, 3.63) is 30.1 Å². The Morgan fingerprint density at radius 1 is 1.33 bits per heavy atom. The Hall–Kier alpha value is -0.970. The van der Waals surface area contributed by atoms with Gasteiger partial charge in [0.15, 0.2) is 0 Å². The summed E-state index contributed by atoms with van der Waals surface area (Å²) in [5.41, 5.74) is 1.34. The van der Waals surface area contributed by atoms with Crippen LogP contribution in [-0.2, 0) is 16.1 Å². The molecule has 0 amide bonds. The molecule has 1 aromatic rings. The van der Waals surface area contributed by atoms with E-state index in [0.717, 1.165) is 32.7 Å². The van der Waals surface area contributed by atoms with E-state index >= 15 is 0 Å². The molecule has 3 rings (SSSR count). The van der Waals surface area contributed by atoms with Crippen molar-refractivity contribution in [1.82, 2.24) is 9.88 Å². The van der Waals surface area contributed by atoms with Gasteiger partial charge in [0.1, 0.15) is 0 Å². The number of pyridine rings is 1. The molecule has 0 N–H and O–H groups in total. The summed E-state index contributed by atoms with van der Waals surface area (Å²) < 4.78 is 12.0. The standard InChI is InChI=1S/C17H26N2O2/c1-19-10-6-17(7-11-19)16(5-13-21-17)4-12-20-14-15-2-8-18-9-3-15/h2-3,8-9,16H,4-7,10-14H2,1H3/t16-/m1/s1. The molecule has 0 unspecified atom stereocenters. The number of ether oxygens (including phenoxy) is 2. The molecule has 2 fully saturated rings. The molecule has 0 saturated carbocycles. The Bertz CT molecular complexity index is 430. The van der Waals surface area contributed by atoms with Crippen molar-refractivity contribution in [1.29, 1.82) is 0 Å². The van der Waals surface area contributed by atoms with Crippen LogP contribution in [0.2, 0.25) is 0 Å². The fourth-order valence-electron chi connectivity index (χ4n) is 3.64. The average Bonchev–Trinajstić information content (AvgIpc) is 2.91. The molecule has 2 aliphatic heterocycles. The molecule has 1 spiro atoms. The van der Waals surface area contributed by atoms with Crippen LogP contribution in [0.5, 0.6) is 0 Å². The van der Waals surface area contributed by atoms with E-state index in [0.29, 0.717) is 12.5 Å². The van der Waals surface area contributed by atoms with E-state index < -0.39 is 0 Å². The molecular formula is C17H26N2O2. The van der Waals surface area contributed by atoms with Gasteiger partial charge in [0, 0.05) is 38.7 Å². The molecule has 1 atom stereocenters. The summed E-state index contributed by atoms with van der Waals surface area (Å²) in [4.78, 5) is 6.43. The van der Waals surface area contributed by atoms with E-state index in [1.165, 1.54) is 24.8 Å². The SMILES string of the molecule is CN1CCC2(CC1)OCC[C@H]2CCOCc1ccncc1. The topological polar surface area (TPSA) is 34.6 Å². The lowest BCUT2D eigenvalue weighted by Crippen LogP contribution is -2.46. The summed E-state index contributed by atoms with van der Waals surface area (Å²) in [5.74, 6) is 0.670. The molecular weight excluding hydrogens is 264 g/mol. The first-order chi connectivity index (χ1) is 10.3. The number of hydrogen-bond donors (Lipinski definition) is 0. The molecule has 3 heterocycles. The number of likely N-dealkylation sites (tertiary alicyclic amines) is 1. The van der Waals surface area contributed by atoms with Crippen LogP contribution in [0.15, 0.2) is 24.5 Å². The Kier molecular flexibility index (Phi) is 4.88. The van der Waals surface area contributed by atoms with Crippen LogP contribution in [-0.4, -0.2) is 48.8 Å². The average molecular weight is 290 g/mol. The predicted molar refractivity (Wildman–Crippen MR) is 82.0 cm³/mol. The van der Waals surface area contributed by atoms with Gasteiger partial charge in [-0.05, 0) is 56.3 Å². The van der Waals surface area contributed by atoms with E-state index in [2.05, 4.69) is 16.9 Å². The van der Waals surface area contributed by atoms with Crippen molar-refractivity contribution in [2.45, 2.75) is 37.9 Å². The highest BCUT2D eigenvalue weighted by atomic mass is 16.5. The molecule has 0 radical (unpaired) electrons. The third kappa shape index (κ3) is 3.62. The van der Waals surface area contributed by atoms with Crippen molar-refractivity contribution in [3.8, 4) is 0 Å². The quantitative estimate of drug-likeness (QED) is 0.780. The van der Waals surface area contributed by atoms with Gasteiger partial charge in [0.25, 0.3) is 0 Å². The van der Waals surface area contributed by atoms with E-state index in [-0.39, 0.29) is 5.60 Å².